The first kappa shape index (κ1) is 11.5. The fourth-order valence-corrected chi connectivity index (χ4v) is 2.50. The fraction of sp³-hybridized carbons (Fsp3) is 0. The topological polar surface area (TPSA) is 104 Å². The molecule has 0 aromatic heterocycles. The molecule has 0 aliphatic heterocycles. The van der Waals surface area contributed by atoms with Crippen LogP contribution in [0.2, 0.25) is 0 Å². The summed E-state index contributed by atoms with van der Waals surface area (Å²) in [4.78, 5) is 1.84. The first-order valence-corrected chi connectivity index (χ1v) is 5.85. The molecule has 2 aromatic rings. The van der Waals surface area contributed by atoms with E-state index in [9.17, 15) is 0 Å². The van der Waals surface area contributed by atoms with Crippen LogP contribution in [0, 0.1) is 0 Å². The summed E-state index contributed by atoms with van der Waals surface area (Å²) in [6.45, 7) is 0. The van der Waals surface area contributed by atoms with Crippen molar-refractivity contribution in [2.24, 2.45) is 0 Å². The highest BCUT2D eigenvalue weighted by Gasteiger charge is 2.04. The van der Waals surface area contributed by atoms with Gasteiger partial charge in [0.15, 0.2) is 0 Å². The molecule has 0 atom stereocenters. The summed E-state index contributed by atoms with van der Waals surface area (Å²) in [6, 6.07) is 10.8. The molecule has 5 heteroatoms. The fourth-order valence-electron chi connectivity index (χ4n) is 1.47. The second-order valence-corrected chi connectivity index (χ2v) is 4.85. The van der Waals surface area contributed by atoms with E-state index in [1.807, 2.05) is 18.2 Å². The van der Waals surface area contributed by atoms with E-state index in [0.29, 0.717) is 22.7 Å². The van der Waals surface area contributed by atoms with Crippen molar-refractivity contribution in [1.82, 2.24) is 0 Å². The zero-order valence-corrected chi connectivity index (χ0v) is 10.00. The van der Waals surface area contributed by atoms with Crippen LogP contribution >= 0.6 is 11.8 Å². The SMILES string of the molecule is Nc1cc(N)cc(Sc2cc(N)ccc2N)c1. The minimum atomic E-state index is 0.634. The summed E-state index contributed by atoms with van der Waals surface area (Å²) >= 11 is 1.49. The lowest BCUT2D eigenvalue weighted by molar-refractivity contribution is 1.41. The third-order valence-electron chi connectivity index (χ3n) is 2.22. The predicted molar refractivity (Wildman–Crippen MR) is 74.7 cm³/mol. The average molecular weight is 246 g/mol. The van der Waals surface area contributed by atoms with E-state index in [1.54, 1.807) is 18.2 Å². The van der Waals surface area contributed by atoms with Crippen molar-refractivity contribution < 1.29 is 0 Å². The minimum Gasteiger partial charge on any atom is -0.399 e. The molecule has 0 saturated heterocycles. The highest BCUT2D eigenvalue weighted by molar-refractivity contribution is 7.99. The lowest BCUT2D eigenvalue weighted by Gasteiger charge is -2.08. The van der Waals surface area contributed by atoms with Crippen molar-refractivity contribution in [2.75, 3.05) is 22.9 Å². The molecule has 0 saturated carbocycles. The van der Waals surface area contributed by atoms with Gasteiger partial charge in [0.1, 0.15) is 0 Å². The van der Waals surface area contributed by atoms with Crippen LogP contribution < -0.4 is 22.9 Å². The van der Waals surface area contributed by atoms with Gasteiger partial charge < -0.3 is 22.9 Å². The Kier molecular flexibility index (Phi) is 3.01. The Labute approximate surface area is 104 Å². The largest absolute Gasteiger partial charge is 0.399 e. The summed E-state index contributed by atoms with van der Waals surface area (Å²) in [5.74, 6) is 0. The van der Waals surface area contributed by atoms with E-state index in [1.165, 1.54) is 11.8 Å². The van der Waals surface area contributed by atoms with Crippen LogP contribution in [0.5, 0.6) is 0 Å². The van der Waals surface area contributed by atoms with Gasteiger partial charge >= 0.3 is 0 Å². The van der Waals surface area contributed by atoms with Gasteiger partial charge in [-0.25, -0.2) is 0 Å². The summed E-state index contributed by atoms with van der Waals surface area (Å²) < 4.78 is 0. The number of hydrogen-bond donors (Lipinski definition) is 4. The van der Waals surface area contributed by atoms with Gasteiger partial charge in [0.2, 0.25) is 0 Å². The number of hydrogen-bond acceptors (Lipinski definition) is 5. The van der Waals surface area contributed by atoms with Crippen molar-refractivity contribution in [1.29, 1.82) is 0 Å². The second kappa shape index (κ2) is 4.47. The lowest BCUT2D eigenvalue weighted by atomic mass is 10.3. The number of benzene rings is 2. The zero-order valence-electron chi connectivity index (χ0n) is 9.18. The summed E-state index contributed by atoms with van der Waals surface area (Å²) in [7, 11) is 0. The third-order valence-corrected chi connectivity index (χ3v) is 3.26. The summed E-state index contributed by atoms with van der Waals surface area (Å²) in [5.41, 5.74) is 25.7. The maximum absolute atomic E-state index is 5.87. The molecule has 8 N–H and O–H groups in total. The molecule has 0 spiro atoms. The van der Waals surface area contributed by atoms with Crippen LogP contribution in [0.15, 0.2) is 46.2 Å². The standard InChI is InChI=1S/C12H14N4S/c13-7-1-2-11(16)12(6-7)17-10-4-8(14)3-9(15)5-10/h1-6H,13-16H2. The van der Waals surface area contributed by atoms with Gasteiger partial charge in [0, 0.05) is 32.5 Å². The molecule has 0 aliphatic carbocycles. The molecule has 0 unspecified atom stereocenters. The van der Waals surface area contributed by atoms with Gasteiger partial charge in [0.25, 0.3) is 0 Å². The highest BCUT2D eigenvalue weighted by atomic mass is 32.2. The molecule has 0 bridgehead atoms. The Morgan fingerprint density at radius 3 is 2.00 bits per heavy atom. The highest BCUT2D eigenvalue weighted by Crippen LogP contribution is 2.35. The number of anilines is 4. The normalized spacial score (nSPS) is 10.4. The van der Waals surface area contributed by atoms with Crippen molar-refractivity contribution >= 4 is 34.5 Å². The van der Waals surface area contributed by atoms with E-state index in [-0.39, 0.29) is 0 Å². The monoisotopic (exact) mass is 246 g/mol. The van der Waals surface area contributed by atoms with E-state index < -0.39 is 0 Å². The molecule has 17 heavy (non-hydrogen) atoms. The van der Waals surface area contributed by atoms with E-state index in [4.69, 9.17) is 22.9 Å². The van der Waals surface area contributed by atoms with Gasteiger partial charge in [-0.3, -0.25) is 0 Å². The Morgan fingerprint density at radius 1 is 0.706 bits per heavy atom. The molecule has 2 aromatic carbocycles. The Balaban J connectivity index is 2.34. The van der Waals surface area contributed by atoms with E-state index >= 15 is 0 Å². The van der Waals surface area contributed by atoms with Gasteiger partial charge in [-0.2, -0.15) is 0 Å². The van der Waals surface area contributed by atoms with Crippen molar-refractivity contribution in [2.45, 2.75) is 9.79 Å². The average Bonchev–Trinajstić information content (AvgIpc) is 2.22. The quantitative estimate of drug-likeness (QED) is 0.608. The molecule has 0 aliphatic rings. The van der Waals surface area contributed by atoms with E-state index in [0.717, 1.165) is 9.79 Å². The second-order valence-electron chi connectivity index (χ2n) is 3.73. The van der Waals surface area contributed by atoms with Gasteiger partial charge in [-0.1, -0.05) is 11.8 Å². The van der Waals surface area contributed by atoms with Crippen LogP contribution in [0.1, 0.15) is 0 Å². The molecule has 0 radical (unpaired) electrons. The van der Waals surface area contributed by atoms with Crippen LogP contribution in [0.25, 0.3) is 0 Å². The minimum absolute atomic E-state index is 0.634. The lowest BCUT2D eigenvalue weighted by Crippen LogP contribution is -1.93. The smallest absolute Gasteiger partial charge is 0.0457 e. The molecule has 88 valence electrons. The first-order chi connectivity index (χ1) is 8.04. The maximum Gasteiger partial charge on any atom is 0.0457 e. The number of nitrogens with two attached hydrogens (primary N) is 4. The molecular weight excluding hydrogens is 232 g/mol. The molecule has 0 heterocycles. The Morgan fingerprint density at radius 2 is 1.35 bits per heavy atom. The first-order valence-electron chi connectivity index (χ1n) is 5.03. The molecule has 4 nitrogen and oxygen atoms in total. The van der Waals surface area contributed by atoms with Crippen LogP contribution in [-0.2, 0) is 0 Å². The van der Waals surface area contributed by atoms with Gasteiger partial charge in [-0.15, -0.1) is 0 Å². The van der Waals surface area contributed by atoms with Crippen molar-refractivity contribution in [3.8, 4) is 0 Å². The van der Waals surface area contributed by atoms with Crippen LogP contribution in [0.3, 0.4) is 0 Å². The van der Waals surface area contributed by atoms with Crippen molar-refractivity contribution in [3.63, 3.8) is 0 Å². The van der Waals surface area contributed by atoms with Gasteiger partial charge in [-0.05, 0) is 36.4 Å². The van der Waals surface area contributed by atoms with Crippen LogP contribution in [0.4, 0.5) is 22.7 Å². The van der Waals surface area contributed by atoms with Crippen LogP contribution in [-0.4, -0.2) is 0 Å². The number of nitrogen functional groups attached to an aromatic ring is 4. The zero-order chi connectivity index (χ0) is 12.4. The molecule has 0 amide bonds. The summed E-state index contributed by atoms with van der Waals surface area (Å²) in [5, 5.41) is 0. The maximum atomic E-state index is 5.87. The predicted octanol–water partition coefficient (Wildman–Crippen LogP) is 2.17. The molecule has 0 fully saturated rings. The Hall–Kier alpha value is -2.01. The number of rotatable bonds is 2. The molecule has 2 rings (SSSR count). The van der Waals surface area contributed by atoms with Gasteiger partial charge in [0.05, 0.1) is 0 Å². The Bertz CT molecular complexity index is 534. The summed E-state index contributed by atoms with van der Waals surface area (Å²) in [6.07, 6.45) is 0. The van der Waals surface area contributed by atoms with Crippen molar-refractivity contribution in [3.05, 3.63) is 36.4 Å². The molecular formula is C12H14N4S. The third kappa shape index (κ3) is 2.76. The van der Waals surface area contributed by atoms with E-state index in [2.05, 4.69) is 0 Å².